The number of carbonyl (C=O) groups excluding carboxylic acids is 1. The molecule has 0 fully saturated rings. The minimum atomic E-state index is -0.669. The van der Waals surface area contributed by atoms with E-state index in [0.717, 1.165) is 25.9 Å². The second kappa shape index (κ2) is 13.2. The average molecular weight is 710 g/mol. The molecule has 0 saturated heterocycles. The topological polar surface area (TPSA) is 82.4 Å². The predicted octanol–water partition coefficient (Wildman–Crippen LogP) is 5.06. The fourth-order valence-electron chi connectivity index (χ4n) is 4.91. The minimum Gasteiger partial charge on any atom is -0.493 e. The molecule has 43 heavy (non-hydrogen) atoms. The van der Waals surface area contributed by atoms with E-state index in [1.807, 2.05) is 91.8 Å². The van der Waals surface area contributed by atoms with E-state index in [4.69, 9.17) is 14.2 Å². The third kappa shape index (κ3) is 6.40. The molecule has 1 aliphatic heterocycles. The standard InChI is InChI=1S/C33H32IN3O5S/c1-6-41-32(39)28-20(2)35-33-37(29(28)23-12-14-24(15-13-23)36(3)4)31(38)27(43-33)18-22-16-25(34)30(26(17-22)40-5)42-19-21-10-8-7-9-11-21/h7-18,29H,6,19H2,1-5H3/b27-18+/t29-/m1/s1. The molecule has 0 unspecified atom stereocenters. The van der Waals surface area contributed by atoms with Gasteiger partial charge in [0, 0.05) is 19.8 Å². The van der Waals surface area contributed by atoms with E-state index in [9.17, 15) is 9.59 Å². The number of allylic oxidation sites excluding steroid dienone is 1. The van der Waals surface area contributed by atoms with Gasteiger partial charge in [-0.3, -0.25) is 9.36 Å². The van der Waals surface area contributed by atoms with Gasteiger partial charge < -0.3 is 19.1 Å². The molecule has 1 aromatic heterocycles. The number of ether oxygens (including phenoxy) is 3. The first-order valence-corrected chi connectivity index (χ1v) is 15.6. The van der Waals surface area contributed by atoms with Crippen LogP contribution in [0.15, 0.2) is 87.8 Å². The number of methoxy groups -OCH3 is 1. The fourth-order valence-corrected chi connectivity index (χ4v) is 6.73. The predicted molar refractivity (Wildman–Crippen MR) is 178 cm³/mol. The summed E-state index contributed by atoms with van der Waals surface area (Å²) in [6, 6.07) is 20.9. The van der Waals surface area contributed by atoms with Gasteiger partial charge in [0.2, 0.25) is 0 Å². The summed E-state index contributed by atoms with van der Waals surface area (Å²) in [6.45, 7) is 4.17. The van der Waals surface area contributed by atoms with Crippen LogP contribution in [-0.4, -0.2) is 38.3 Å². The Kier molecular flexibility index (Phi) is 9.36. The van der Waals surface area contributed by atoms with Gasteiger partial charge in [-0.1, -0.05) is 53.8 Å². The average Bonchev–Trinajstić information content (AvgIpc) is 3.29. The largest absolute Gasteiger partial charge is 0.493 e. The van der Waals surface area contributed by atoms with Crippen LogP contribution in [0, 0.1) is 3.57 Å². The van der Waals surface area contributed by atoms with Crippen molar-refractivity contribution in [1.82, 2.24) is 4.57 Å². The summed E-state index contributed by atoms with van der Waals surface area (Å²) in [5, 5.41) is 0. The van der Waals surface area contributed by atoms with Crippen LogP contribution in [-0.2, 0) is 16.1 Å². The number of aromatic nitrogens is 1. The van der Waals surface area contributed by atoms with Crippen molar-refractivity contribution in [3.8, 4) is 11.5 Å². The molecule has 3 aromatic carbocycles. The maximum atomic E-state index is 14.0. The Bertz CT molecular complexity index is 1860. The van der Waals surface area contributed by atoms with Crippen molar-refractivity contribution in [2.75, 3.05) is 32.7 Å². The third-order valence-corrected chi connectivity index (χ3v) is 8.80. The van der Waals surface area contributed by atoms with Crippen molar-refractivity contribution < 1.29 is 19.0 Å². The maximum absolute atomic E-state index is 14.0. The van der Waals surface area contributed by atoms with Crippen molar-refractivity contribution in [3.63, 3.8) is 0 Å². The zero-order valence-electron chi connectivity index (χ0n) is 24.6. The number of anilines is 1. The van der Waals surface area contributed by atoms with Gasteiger partial charge in [0.1, 0.15) is 6.61 Å². The summed E-state index contributed by atoms with van der Waals surface area (Å²) >= 11 is 3.50. The molecule has 222 valence electrons. The Hall–Kier alpha value is -3.90. The van der Waals surface area contributed by atoms with Gasteiger partial charge in [-0.15, -0.1) is 0 Å². The smallest absolute Gasteiger partial charge is 0.338 e. The van der Waals surface area contributed by atoms with Crippen molar-refractivity contribution in [2.45, 2.75) is 26.5 Å². The lowest BCUT2D eigenvalue weighted by molar-refractivity contribution is -0.139. The number of esters is 1. The van der Waals surface area contributed by atoms with Crippen molar-refractivity contribution in [3.05, 3.63) is 118 Å². The number of nitrogens with zero attached hydrogens (tertiary/aromatic N) is 3. The van der Waals surface area contributed by atoms with Crippen molar-refractivity contribution in [1.29, 1.82) is 0 Å². The highest BCUT2D eigenvalue weighted by molar-refractivity contribution is 14.1. The van der Waals surface area contributed by atoms with E-state index in [1.165, 1.54) is 11.3 Å². The SMILES string of the molecule is CCOC(=O)C1=C(C)N=c2s/c(=C/c3cc(I)c(OCc4ccccc4)c(OC)c3)c(=O)n2[C@@H]1c1ccc(N(C)C)cc1. The molecule has 0 amide bonds. The van der Waals surface area contributed by atoms with Gasteiger partial charge in [0.25, 0.3) is 5.56 Å². The van der Waals surface area contributed by atoms with Crippen LogP contribution in [0.25, 0.3) is 6.08 Å². The second-order valence-corrected chi connectivity index (χ2v) is 12.3. The van der Waals surface area contributed by atoms with Crippen molar-refractivity contribution in [2.24, 2.45) is 4.99 Å². The van der Waals surface area contributed by atoms with E-state index in [-0.39, 0.29) is 12.2 Å². The Balaban J connectivity index is 1.58. The number of carbonyl (C=O) groups is 1. The summed E-state index contributed by atoms with van der Waals surface area (Å²) in [5.41, 5.74) is 4.29. The molecular formula is C33H32IN3O5S. The highest BCUT2D eigenvalue weighted by Gasteiger charge is 2.33. The number of rotatable bonds is 9. The van der Waals surface area contributed by atoms with Gasteiger partial charge in [-0.25, -0.2) is 9.79 Å². The molecule has 1 aliphatic rings. The summed E-state index contributed by atoms with van der Waals surface area (Å²) in [5.74, 6) is 0.729. The van der Waals surface area contributed by atoms with Crippen LogP contribution in [0.2, 0.25) is 0 Å². The van der Waals surface area contributed by atoms with Gasteiger partial charge in [0.05, 0.1) is 39.1 Å². The summed E-state index contributed by atoms with van der Waals surface area (Å²) in [7, 11) is 5.52. The van der Waals surface area contributed by atoms with E-state index in [2.05, 4.69) is 27.6 Å². The first kappa shape index (κ1) is 30.6. The van der Waals surface area contributed by atoms with E-state index in [1.54, 1.807) is 25.5 Å². The molecule has 4 aromatic rings. The Morgan fingerprint density at radius 3 is 2.49 bits per heavy atom. The molecular weight excluding hydrogens is 677 g/mol. The van der Waals surface area contributed by atoms with E-state index >= 15 is 0 Å². The lowest BCUT2D eigenvalue weighted by Crippen LogP contribution is -2.39. The molecule has 0 saturated carbocycles. The highest BCUT2D eigenvalue weighted by atomic mass is 127. The molecule has 0 spiro atoms. The third-order valence-electron chi connectivity index (χ3n) is 7.02. The molecule has 0 bridgehead atoms. The van der Waals surface area contributed by atoms with Crippen LogP contribution in [0.3, 0.4) is 0 Å². The number of thiazole rings is 1. The Labute approximate surface area is 267 Å². The maximum Gasteiger partial charge on any atom is 0.338 e. The lowest BCUT2D eigenvalue weighted by atomic mass is 9.95. The Morgan fingerprint density at radius 1 is 1.12 bits per heavy atom. The molecule has 5 rings (SSSR count). The molecule has 1 atom stereocenters. The first-order chi connectivity index (χ1) is 20.7. The first-order valence-electron chi connectivity index (χ1n) is 13.7. The van der Waals surface area contributed by atoms with Crippen LogP contribution in [0.5, 0.6) is 11.5 Å². The van der Waals surface area contributed by atoms with Crippen LogP contribution in [0.1, 0.15) is 36.6 Å². The molecule has 0 N–H and O–H groups in total. The number of halogens is 1. The molecule has 0 radical (unpaired) electrons. The summed E-state index contributed by atoms with van der Waals surface area (Å²) in [4.78, 5) is 34.4. The molecule has 2 heterocycles. The van der Waals surface area contributed by atoms with Gasteiger partial charge >= 0.3 is 5.97 Å². The van der Waals surface area contributed by atoms with Crippen LogP contribution in [0.4, 0.5) is 5.69 Å². The van der Waals surface area contributed by atoms with Crippen LogP contribution >= 0.6 is 33.9 Å². The zero-order valence-corrected chi connectivity index (χ0v) is 27.6. The van der Waals surface area contributed by atoms with Crippen molar-refractivity contribution >= 4 is 51.7 Å². The summed E-state index contributed by atoms with van der Waals surface area (Å²) < 4.78 is 20.1. The molecule has 8 nitrogen and oxygen atoms in total. The quantitative estimate of drug-likeness (QED) is 0.179. The van der Waals surface area contributed by atoms with Gasteiger partial charge in [-0.05, 0) is 83.5 Å². The minimum absolute atomic E-state index is 0.220. The normalized spacial score (nSPS) is 14.7. The second-order valence-electron chi connectivity index (χ2n) is 10.1. The highest BCUT2D eigenvalue weighted by Crippen LogP contribution is 2.35. The number of fused-ring (bicyclic) bond motifs is 1. The molecule has 10 heteroatoms. The monoisotopic (exact) mass is 709 g/mol. The van der Waals surface area contributed by atoms with E-state index < -0.39 is 12.0 Å². The molecule has 0 aliphatic carbocycles. The summed E-state index contributed by atoms with van der Waals surface area (Å²) in [6.07, 6.45) is 1.82. The number of hydrogen-bond donors (Lipinski definition) is 0. The number of benzene rings is 3. The van der Waals surface area contributed by atoms with E-state index in [0.29, 0.717) is 38.7 Å². The Morgan fingerprint density at radius 2 is 1.84 bits per heavy atom. The van der Waals surface area contributed by atoms with Gasteiger partial charge in [-0.2, -0.15) is 0 Å². The van der Waals surface area contributed by atoms with Crippen LogP contribution < -0.4 is 29.3 Å². The zero-order chi connectivity index (χ0) is 30.7. The number of hydrogen-bond acceptors (Lipinski definition) is 8. The lowest BCUT2D eigenvalue weighted by Gasteiger charge is -2.25. The van der Waals surface area contributed by atoms with Gasteiger partial charge in [0.15, 0.2) is 16.3 Å². The fraction of sp³-hybridized carbons (Fsp3) is 0.242.